The van der Waals surface area contributed by atoms with Crippen molar-refractivity contribution in [3.63, 3.8) is 0 Å². The molecule has 1 aromatic rings. The quantitative estimate of drug-likeness (QED) is 0.667. The van der Waals surface area contributed by atoms with E-state index in [1.165, 1.54) is 5.56 Å². The molecule has 0 aromatic heterocycles. The minimum atomic E-state index is -0.0131. The van der Waals surface area contributed by atoms with Crippen LogP contribution in [-0.4, -0.2) is 14.6 Å². The second-order valence-electron chi connectivity index (χ2n) is 2.24. The maximum Gasteiger partial charge on any atom is 0.229 e. The van der Waals surface area contributed by atoms with Gasteiger partial charge in [-0.15, -0.1) is 0 Å². The van der Waals surface area contributed by atoms with E-state index in [4.69, 9.17) is 4.80 Å². The number of benzene rings is 1. The molecule has 1 rings (SSSR count). The first-order chi connectivity index (χ1) is 5.38. The largest absolute Gasteiger partial charge is 0.431 e. The first kappa shape index (κ1) is 8.24. The summed E-state index contributed by atoms with van der Waals surface area (Å²) >= 11 is 0. The van der Waals surface area contributed by atoms with Crippen LogP contribution in [0.15, 0.2) is 30.8 Å². The van der Waals surface area contributed by atoms with Crippen LogP contribution in [0.3, 0.4) is 0 Å². The van der Waals surface area contributed by atoms with Gasteiger partial charge in [-0.1, -0.05) is 36.9 Å². The maximum absolute atomic E-state index is 8.73. The van der Waals surface area contributed by atoms with Gasteiger partial charge in [-0.25, -0.2) is 0 Å². The van der Waals surface area contributed by atoms with Crippen molar-refractivity contribution in [3.05, 3.63) is 42.0 Å². The topological polar surface area (TPSA) is 20.2 Å². The maximum atomic E-state index is 8.73. The van der Waals surface area contributed by atoms with E-state index in [-0.39, 0.29) is 9.76 Å². The molecule has 0 unspecified atom stereocenters. The summed E-state index contributed by atoms with van der Waals surface area (Å²) in [7, 11) is -0.0131. The van der Waals surface area contributed by atoms with Crippen LogP contribution in [0.1, 0.15) is 11.1 Å². The van der Waals surface area contributed by atoms with Crippen molar-refractivity contribution in [2.75, 3.05) is 0 Å². The summed E-state index contributed by atoms with van der Waals surface area (Å²) < 4.78 is 0. The lowest BCUT2D eigenvalue weighted by molar-refractivity contribution is 0.600. The monoisotopic (exact) mass is 162 g/mol. The van der Waals surface area contributed by atoms with E-state index in [1.54, 1.807) is 0 Å². The number of hydrogen-bond donors (Lipinski definition) is 1. The standard InChI is InChI=1S/C9H10OSi/c1-2-8-5-3-4-6-9(8)7-11-10/h2-6,10H,1,7H2. The zero-order valence-electron chi connectivity index (χ0n) is 6.25. The highest BCUT2D eigenvalue weighted by atomic mass is 28.2. The van der Waals surface area contributed by atoms with Crippen molar-refractivity contribution < 1.29 is 4.80 Å². The second-order valence-corrected chi connectivity index (χ2v) is 2.91. The van der Waals surface area contributed by atoms with Gasteiger partial charge in [0, 0.05) is 0 Å². The van der Waals surface area contributed by atoms with Gasteiger partial charge in [0.25, 0.3) is 0 Å². The fraction of sp³-hybridized carbons (Fsp3) is 0.111. The Morgan fingerprint density at radius 1 is 1.45 bits per heavy atom. The van der Waals surface area contributed by atoms with Gasteiger partial charge in [0.1, 0.15) is 0 Å². The van der Waals surface area contributed by atoms with E-state index in [2.05, 4.69) is 6.58 Å². The first-order valence-electron chi connectivity index (χ1n) is 3.45. The predicted octanol–water partition coefficient (Wildman–Crippen LogP) is 1.44. The van der Waals surface area contributed by atoms with E-state index < -0.39 is 0 Å². The molecule has 2 heteroatoms. The van der Waals surface area contributed by atoms with Gasteiger partial charge in [0.15, 0.2) is 0 Å². The van der Waals surface area contributed by atoms with Gasteiger partial charge < -0.3 is 4.80 Å². The van der Waals surface area contributed by atoms with E-state index >= 15 is 0 Å². The fourth-order valence-electron chi connectivity index (χ4n) is 0.979. The molecule has 0 saturated carbocycles. The zero-order valence-corrected chi connectivity index (χ0v) is 7.25. The average Bonchev–Trinajstić information content (AvgIpc) is 2.06. The Kier molecular flexibility index (Phi) is 3.07. The molecule has 11 heavy (non-hydrogen) atoms. The lowest BCUT2D eigenvalue weighted by Crippen LogP contribution is -1.96. The van der Waals surface area contributed by atoms with Crippen molar-refractivity contribution in [3.8, 4) is 0 Å². The molecule has 0 aliphatic carbocycles. The molecule has 1 aromatic carbocycles. The van der Waals surface area contributed by atoms with Crippen LogP contribution >= 0.6 is 0 Å². The molecule has 0 atom stereocenters. The van der Waals surface area contributed by atoms with Crippen LogP contribution < -0.4 is 0 Å². The Morgan fingerprint density at radius 3 is 2.82 bits per heavy atom. The normalized spacial score (nSPS) is 9.55. The van der Waals surface area contributed by atoms with Crippen molar-refractivity contribution >= 4 is 15.8 Å². The van der Waals surface area contributed by atoms with E-state index in [9.17, 15) is 0 Å². The van der Waals surface area contributed by atoms with Crippen LogP contribution in [0, 0.1) is 0 Å². The van der Waals surface area contributed by atoms with Crippen molar-refractivity contribution in [1.29, 1.82) is 0 Å². The molecule has 0 bridgehead atoms. The minimum absolute atomic E-state index is 0.0131. The van der Waals surface area contributed by atoms with Crippen molar-refractivity contribution in [2.45, 2.75) is 6.04 Å². The lowest BCUT2D eigenvalue weighted by atomic mass is 10.1. The third-order valence-electron chi connectivity index (χ3n) is 1.54. The Balaban J connectivity index is 2.92. The summed E-state index contributed by atoms with van der Waals surface area (Å²) in [6, 6.07) is 8.70. The number of rotatable bonds is 3. The summed E-state index contributed by atoms with van der Waals surface area (Å²) in [6.07, 6.45) is 1.81. The van der Waals surface area contributed by atoms with Crippen molar-refractivity contribution in [2.24, 2.45) is 0 Å². The molecule has 0 aliphatic heterocycles. The average molecular weight is 162 g/mol. The summed E-state index contributed by atoms with van der Waals surface area (Å²) in [5.41, 5.74) is 2.29. The predicted molar refractivity (Wildman–Crippen MR) is 48.2 cm³/mol. The molecule has 0 saturated heterocycles. The molecule has 1 N–H and O–H groups in total. The Bertz CT molecular complexity index is 245. The Morgan fingerprint density at radius 2 is 2.18 bits per heavy atom. The second kappa shape index (κ2) is 4.11. The summed E-state index contributed by atoms with van der Waals surface area (Å²) in [5.74, 6) is 0. The Labute approximate surface area is 69.3 Å². The van der Waals surface area contributed by atoms with Crippen LogP contribution in [0.4, 0.5) is 0 Å². The van der Waals surface area contributed by atoms with E-state index in [1.807, 2.05) is 30.3 Å². The SMILES string of the molecule is C=Cc1ccccc1C[Si]O. The van der Waals surface area contributed by atoms with Crippen molar-refractivity contribution in [1.82, 2.24) is 0 Å². The van der Waals surface area contributed by atoms with Gasteiger partial charge in [-0.3, -0.25) is 0 Å². The molecule has 0 heterocycles. The summed E-state index contributed by atoms with van der Waals surface area (Å²) in [4.78, 5) is 8.73. The van der Waals surface area contributed by atoms with Crippen LogP contribution in [0.5, 0.6) is 0 Å². The van der Waals surface area contributed by atoms with Crippen LogP contribution in [0.25, 0.3) is 6.08 Å². The fourth-order valence-corrected chi connectivity index (χ4v) is 1.47. The highest BCUT2D eigenvalue weighted by Crippen LogP contribution is 2.09. The van der Waals surface area contributed by atoms with Crippen LogP contribution in [-0.2, 0) is 6.04 Å². The van der Waals surface area contributed by atoms with Gasteiger partial charge >= 0.3 is 0 Å². The van der Waals surface area contributed by atoms with Gasteiger partial charge in [-0.05, 0) is 17.2 Å². The number of hydrogen-bond acceptors (Lipinski definition) is 1. The molecular weight excluding hydrogens is 152 g/mol. The smallest absolute Gasteiger partial charge is 0.229 e. The third-order valence-corrected chi connectivity index (χ3v) is 2.08. The minimum Gasteiger partial charge on any atom is -0.431 e. The molecule has 0 spiro atoms. The molecule has 56 valence electrons. The highest BCUT2D eigenvalue weighted by Gasteiger charge is 1.96. The molecule has 0 amide bonds. The van der Waals surface area contributed by atoms with Gasteiger partial charge in [0.05, 0.1) is 0 Å². The van der Waals surface area contributed by atoms with E-state index in [0.717, 1.165) is 11.6 Å². The lowest BCUT2D eigenvalue weighted by Gasteiger charge is -2.00. The molecule has 2 radical (unpaired) electrons. The molecule has 1 nitrogen and oxygen atoms in total. The molecule has 0 aliphatic rings. The van der Waals surface area contributed by atoms with Gasteiger partial charge in [0.2, 0.25) is 9.76 Å². The molecule has 0 fully saturated rings. The third kappa shape index (κ3) is 2.03. The highest BCUT2D eigenvalue weighted by molar-refractivity contribution is 6.24. The van der Waals surface area contributed by atoms with E-state index in [0.29, 0.717) is 0 Å². The first-order valence-corrected chi connectivity index (χ1v) is 4.61. The Hall–Kier alpha value is -0.863. The van der Waals surface area contributed by atoms with Gasteiger partial charge in [-0.2, -0.15) is 0 Å². The van der Waals surface area contributed by atoms with Crippen LogP contribution in [0.2, 0.25) is 0 Å². The summed E-state index contributed by atoms with van der Waals surface area (Å²) in [6.45, 7) is 3.70. The zero-order chi connectivity index (χ0) is 8.10. The molecular formula is C9H10OSi. The summed E-state index contributed by atoms with van der Waals surface area (Å²) in [5, 5.41) is 0.